The third kappa shape index (κ3) is 8.13. The van der Waals surface area contributed by atoms with Gasteiger partial charge in [0.15, 0.2) is 11.5 Å². The van der Waals surface area contributed by atoms with Crippen LogP contribution in [0.4, 0.5) is 10.5 Å². The van der Waals surface area contributed by atoms with E-state index in [1.165, 1.54) is 14.2 Å². The average molecular weight is 512 g/mol. The summed E-state index contributed by atoms with van der Waals surface area (Å²) in [5, 5.41) is 5.77. The van der Waals surface area contributed by atoms with Crippen LogP contribution in [0.1, 0.15) is 60.7 Å². The van der Waals surface area contributed by atoms with Gasteiger partial charge in [0.05, 0.1) is 14.2 Å². The highest BCUT2D eigenvalue weighted by Crippen LogP contribution is 2.28. The van der Waals surface area contributed by atoms with Gasteiger partial charge in [-0.15, -0.1) is 0 Å². The highest BCUT2D eigenvalue weighted by atomic mass is 16.6. The zero-order chi connectivity index (χ0) is 27.0. The van der Waals surface area contributed by atoms with Gasteiger partial charge in [-0.1, -0.05) is 6.07 Å². The van der Waals surface area contributed by atoms with Gasteiger partial charge in [-0.25, -0.2) is 4.79 Å². The Bertz CT molecular complexity index is 1110. The number of carbonyl (C=O) groups excluding carboxylic acids is 3. The van der Waals surface area contributed by atoms with Gasteiger partial charge in [0.1, 0.15) is 5.60 Å². The predicted octanol–water partition coefficient (Wildman–Crippen LogP) is 4.72. The highest BCUT2D eigenvalue weighted by molar-refractivity contribution is 6.05. The molecule has 37 heavy (non-hydrogen) atoms. The van der Waals surface area contributed by atoms with E-state index in [1.807, 2.05) is 20.8 Å². The number of benzene rings is 2. The smallest absolute Gasteiger partial charge is 0.410 e. The minimum absolute atomic E-state index is 0.220. The van der Waals surface area contributed by atoms with Crippen LogP contribution >= 0.6 is 0 Å². The minimum Gasteiger partial charge on any atom is -0.493 e. The average Bonchev–Trinajstić information content (AvgIpc) is 2.87. The maximum Gasteiger partial charge on any atom is 0.410 e. The lowest BCUT2D eigenvalue weighted by atomic mass is 9.95. The maximum absolute atomic E-state index is 12.7. The van der Waals surface area contributed by atoms with E-state index < -0.39 is 5.60 Å². The molecule has 1 aliphatic rings. The van der Waals surface area contributed by atoms with E-state index in [-0.39, 0.29) is 17.9 Å². The van der Waals surface area contributed by atoms with E-state index in [9.17, 15) is 14.4 Å². The summed E-state index contributed by atoms with van der Waals surface area (Å²) in [6.07, 6.45) is 2.40. The minimum atomic E-state index is -0.520. The van der Waals surface area contributed by atoms with Gasteiger partial charge in [0.2, 0.25) is 0 Å². The molecule has 2 aromatic rings. The van der Waals surface area contributed by atoms with E-state index >= 15 is 0 Å². The third-order valence-corrected chi connectivity index (χ3v) is 6.04. The van der Waals surface area contributed by atoms with Crippen LogP contribution in [0, 0.1) is 5.92 Å². The standard InChI is InChI=1S/C28H37N3O6/c1-28(2,3)37-27(34)31-15-7-8-19(18-31)13-14-29-25(32)20-9-6-10-22(16-20)30-26(33)21-11-12-23(35-4)24(17-21)36-5/h6,9-12,16-17,19H,7-8,13-15,18H2,1-5H3,(H,29,32)(H,30,33). The number of anilines is 1. The monoisotopic (exact) mass is 511 g/mol. The number of nitrogens with one attached hydrogen (secondary N) is 2. The largest absolute Gasteiger partial charge is 0.493 e. The molecule has 0 spiro atoms. The molecule has 3 rings (SSSR count). The highest BCUT2D eigenvalue weighted by Gasteiger charge is 2.27. The molecular weight excluding hydrogens is 474 g/mol. The quantitative estimate of drug-likeness (QED) is 0.531. The van der Waals surface area contributed by atoms with Gasteiger partial charge in [0.25, 0.3) is 11.8 Å². The molecule has 2 N–H and O–H groups in total. The lowest BCUT2D eigenvalue weighted by Gasteiger charge is -2.34. The fourth-order valence-corrected chi connectivity index (χ4v) is 4.20. The fourth-order valence-electron chi connectivity index (χ4n) is 4.20. The molecule has 1 saturated heterocycles. The second-order valence-electron chi connectivity index (χ2n) is 10.1. The number of methoxy groups -OCH3 is 2. The van der Waals surface area contributed by atoms with Crippen molar-refractivity contribution in [2.45, 2.75) is 45.6 Å². The molecule has 0 radical (unpaired) electrons. The Hall–Kier alpha value is -3.75. The number of ether oxygens (including phenoxy) is 3. The number of hydrogen-bond acceptors (Lipinski definition) is 6. The summed E-state index contributed by atoms with van der Waals surface area (Å²) in [5.41, 5.74) is 0.838. The molecule has 0 aromatic heterocycles. The first-order valence-corrected chi connectivity index (χ1v) is 12.5. The molecule has 0 saturated carbocycles. The van der Waals surface area contributed by atoms with Gasteiger partial charge < -0.3 is 29.7 Å². The van der Waals surface area contributed by atoms with Crippen molar-refractivity contribution < 1.29 is 28.6 Å². The van der Waals surface area contributed by atoms with Gasteiger partial charge >= 0.3 is 6.09 Å². The molecule has 1 atom stereocenters. The van der Waals surface area contributed by atoms with E-state index in [1.54, 1.807) is 47.4 Å². The molecule has 2 aromatic carbocycles. The summed E-state index contributed by atoms with van der Waals surface area (Å²) >= 11 is 0. The van der Waals surface area contributed by atoms with Crippen LogP contribution < -0.4 is 20.1 Å². The number of carbonyl (C=O) groups is 3. The summed E-state index contributed by atoms with van der Waals surface area (Å²) in [4.78, 5) is 39.6. The van der Waals surface area contributed by atoms with Crippen molar-refractivity contribution in [1.82, 2.24) is 10.2 Å². The molecule has 0 aliphatic carbocycles. The number of amides is 3. The molecular formula is C28H37N3O6. The van der Waals surface area contributed by atoms with Crippen LogP contribution in [-0.4, -0.2) is 62.3 Å². The molecule has 1 heterocycles. The van der Waals surface area contributed by atoms with Gasteiger partial charge in [-0.3, -0.25) is 9.59 Å². The Morgan fingerprint density at radius 1 is 0.973 bits per heavy atom. The summed E-state index contributed by atoms with van der Waals surface area (Å²) in [6, 6.07) is 11.7. The van der Waals surface area contributed by atoms with E-state index in [4.69, 9.17) is 14.2 Å². The zero-order valence-corrected chi connectivity index (χ0v) is 22.3. The molecule has 200 valence electrons. The molecule has 1 fully saturated rings. The summed E-state index contributed by atoms with van der Waals surface area (Å²) < 4.78 is 16.0. The van der Waals surface area contributed by atoms with Crippen LogP contribution in [0.25, 0.3) is 0 Å². The number of rotatable bonds is 8. The Morgan fingerprint density at radius 3 is 2.41 bits per heavy atom. The molecule has 1 aliphatic heterocycles. The van der Waals surface area contributed by atoms with Crippen molar-refractivity contribution in [3.05, 3.63) is 53.6 Å². The van der Waals surface area contributed by atoms with Crippen LogP contribution in [0.15, 0.2) is 42.5 Å². The summed E-state index contributed by atoms with van der Waals surface area (Å²) in [5.74, 6) is 0.736. The second kappa shape index (κ2) is 12.5. The number of likely N-dealkylation sites (tertiary alicyclic amines) is 1. The van der Waals surface area contributed by atoms with Gasteiger partial charge in [0, 0.05) is 36.4 Å². The Morgan fingerprint density at radius 2 is 1.70 bits per heavy atom. The van der Waals surface area contributed by atoms with Crippen LogP contribution in [0.5, 0.6) is 11.5 Å². The molecule has 9 nitrogen and oxygen atoms in total. The summed E-state index contributed by atoms with van der Waals surface area (Å²) in [6.45, 7) is 7.39. The number of piperidine rings is 1. The van der Waals surface area contributed by atoms with Crippen LogP contribution in [-0.2, 0) is 4.74 Å². The zero-order valence-electron chi connectivity index (χ0n) is 22.3. The second-order valence-corrected chi connectivity index (χ2v) is 10.1. The van der Waals surface area contributed by atoms with E-state index in [0.29, 0.717) is 53.9 Å². The Kier molecular flexibility index (Phi) is 9.38. The van der Waals surface area contributed by atoms with Gasteiger partial charge in [-0.2, -0.15) is 0 Å². The molecule has 3 amide bonds. The van der Waals surface area contributed by atoms with Crippen molar-refractivity contribution in [3.8, 4) is 11.5 Å². The maximum atomic E-state index is 12.7. The Balaban J connectivity index is 1.51. The van der Waals surface area contributed by atoms with E-state index in [2.05, 4.69) is 10.6 Å². The lowest BCUT2D eigenvalue weighted by molar-refractivity contribution is 0.0161. The molecule has 0 bridgehead atoms. The summed E-state index contributed by atoms with van der Waals surface area (Å²) in [7, 11) is 3.04. The molecule has 9 heteroatoms. The van der Waals surface area contributed by atoms with Crippen LogP contribution in [0.3, 0.4) is 0 Å². The van der Waals surface area contributed by atoms with Crippen molar-refractivity contribution in [2.24, 2.45) is 5.92 Å². The van der Waals surface area contributed by atoms with Crippen molar-refractivity contribution in [1.29, 1.82) is 0 Å². The molecule has 1 unspecified atom stereocenters. The first-order chi connectivity index (χ1) is 17.6. The third-order valence-electron chi connectivity index (χ3n) is 6.04. The SMILES string of the molecule is COc1ccc(C(=O)Nc2cccc(C(=O)NCCC3CCCN(C(=O)OC(C)(C)C)C3)c2)cc1OC. The number of hydrogen-bond donors (Lipinski definition) is 2. The van der Waals surface area contributed by atoms with Crippen molar-refractivity contribution >= 4 is 23.6 Å². The first-order valence-electron chi connectivity index (χ1n) is 12.5. The number of nitrogens with zero attached hydrogens (tertiary/aromatic N) is 1. The van der Waals surface area contributed by atoms with Gasteiger partial charge in [-0.05, 0) is 82.3 Å². The normalized spacial score (nSPS) is 15.5. The topological polar surface area (TPSA) is 106 Å². The fraction of sp³-hybridized carbons (Fsp3) is 0.464. The lowest BCUT2D eigenvalue weighted by Crippen LogP contribution is -2.43. The van der Waals surface area contributed by atoms with Crippen molar-refractivity contribution in [3.63, 3.8) is 0 Å². The van der Waals surface area contributed by atoms with Crippen molar-refractivity contribution in [2.75, 3.05) is 39.2 Å². The predicted molar refractivity (Wildman–Crippen MR) is 141 cm³/mol. The Labute approximate surface area is 218 Å². The first kappa shape index (κ1) is 27.8. The van der Waals surface area contributed by atoms with Crippen LogP contribution in [0.2, 0.25) is 0 Å². The van der Waals surface area contributed by atoms with E-state index in [0.717, 1.165) is 19.3 Å².